The zero-order valence-corrected chi connectivity index (χ0v) is 27.4. The van der Waals surface area contributed by atoms with Crippen molar-refractivity contribution in [1.29, 1.82) is 0 Å². The molecule has 50 heavy (non-hydrogen) atoms. The Balaban J connectivity index is 1.17. The molecule has 0 N–H and O–H groups in total. The highest BCUT2D eigenvalue weighted by molar-refractivity contribution is 6.06. The summed E-state index contributed by atoms with van der Waals surface area (Å²) >= 11 is 0. The van der Waals surface area contributed by atoms with E-state index in [0.717, 1.165) is 50.1 Å². The largest absolute Gasteiger partial charge is 0.456 e. The van der Waals surface area contributed by atoms with Crippen molar-refractivity contribution in [2.24, 2.45) is 0 Å². The summed E-state index contributed by atoms with van der Waals surface area (Å²) in [6.07, 6.45) is 0. The standard InChI is InChI=1S/C48H33NO/c1-3-13-34(14-4-1)36-17-9-19-38(29-36)40-21-11-23-42(31-40)49(44-27-28-46-45-25-7-8-26-47(45)50-48(46)33-44)43-24-12-22-41(32-43)39-20-10-18-37(30-39)35-15-5-2-6-16-35/h1-33H. The van der Waals surface area contributed by atoms with Crippen molar-refractivity contribution in [3.8, 4) is 44.5 Å². The highest BCUT2D eigenvalue weighted by Gasteiger charge is 2.17. The number of furan rings is 1. The summed E-state index contributed by atoms with van der Waals surface area (Å²) in [6, 6.07) is 71.1. The second-order valence-corrected chi connectivity index (χ2v) is 12.6. The fraction of sp³-hybridized carbons (Fsp3) is 0. The minimum atomic E-state index is 0.868. The van der Waals surface area contributed by atoms with Gasteiger partial charge in [0.05, 0.1) is 0 Å². The summed E-state index contributed by atoms with van der Waals surface area (Å²) in [4.78, 5) is 2.34. The highest BCUT2D eigenvalue weighted by Crippen LogP contribution is 2.41. The lowest BCUT2D eigenvalue weighted by Gasteiger charge is -2.26. The monoisotopic (exact) mass is 639 g/mol. The molecule has 0 aliphatic carbocycles. The van der Waals surface area contributed by atoms with Gasteiger partial charge in [0, 0.05) is 33.9 Å². The lowest BCUT2D eigenvalue weighted by atomic mass is 9.98. The number of anilines is 3. The number of hydrogen-bond acceptors (Lipinski definition) is 2. The van der Waals surface area contributed by atoms with Gasteiger partial charge >= 0.3 is 0 Å². The average molecular weight is 640 g/mol. The first kappa shape index (κ1) is 29.5. The second kappa shape index (κ2) is 12.8. The molecule has 236 valence electrons. The van der Waals surface area contributed by atoms with Gasteiger partial charge in [0.2, 0.25) is 0 Å². The summed E-state index contributed by atoms with van der Waals surface area (Å²) in [5, 5.41) is 2.24. The maximum absolute atomic E-state index is 6.38. The van der Waals surface area contributed by atoms with Gasteiger partial charge in [-0.05, 0) is 99.1 Å². The van der Waals surface area contributed by atoms with Gasteiger partial charge in [-0.3, -0.25) is 0 Å². The van der Waals surface area contributed by atoms with Gasteiger partial charge in [-0.2, -0.15) is 0 Å². The van der Waals surface area contributed by atoms with Crippen LogP contribution in [0.2, 0.25) is 0 Å². The molecule has 0 radical (unpaired) electrons. The van der Waals surface area contributed by atoms with E-state index in [1.807, 2.05) is 12.1 Å². The Labute approximate surface area is 292 Å². The molecule has 8 aromatic carbocycles. The van der Waals surface area contributed by atoms with Gasteiger partial charge in [0.1, 0.15) is 11.2 Å². The van der Waals surface area contributed by atoms with Crippen LogP contribution in [0, 0.1) is 0 Å². The molecule has 1 heterocycles. The molecule has 0 amide bonds. The van der Waals surface area contributed by atoms with Crippen LogP contribution in [-0.4, -0.2) is 0 Å². The van der Waals surface area contributed by atoms with Crippen molar-refractivity contribution >= 4 is 39.0 Å². The molecule has 0 saturated heterocycles. The molecule has 9 rings (SSSR count). The summed E-state index contributed by atoms with van der Waals surface area (Å²) in [7, 11) is 0. The molecule has 9 aromatic rings. The number of para-hydroxylation sites is 1. The van der Waals surface area contributed by atoms with E-state index in [4.69, 9.17) is 4.42 Å². The fourth-order valence-electron chi connectivity index (χ4n) is 6.97. The lowest BCUT2D eigenvalue weighted by molar-refractivity contribution is 0.669. The Bertz CT molecular complexity index is 2470. The van der Waals surface area contributed by atoms with E-state index in [-0.39, 0.29) is 0 Å². The van der Waals surface area contributed by atoms with Gasteiger partial charge in [-0.15, -0.1) is 0 Å². The summed E-state index contributed by atoms with van der Waals surface area (Å²) in [5.74, 6) is 0. The van der Waals surface area contributed by atoms with Crippen molar-refractivity contribution in [2.45, 2.75) is 0 Å². The van der Waals surface area contributed by atoms with Gasteiger partial charge in [0.25, 0.3) is 0 Å². The Hall–Kier alpha value is -6.64. The van der Waals surface area contributed by atoms with Crippen molar-refractivity contribution in [2.75, 3.05) is 4.90 Å². The molecule has 0 bridgehead atoms. The number of nitrogens with zero attached hydrogens (tertiary/aromatic N) is 1. The van der Waals surface area contributed by atoms with Crippen LogP contribution in [0.3, 0.4) is 0 Å². The molecule has 0 saturated carbocycles. The molecule has 0 spiro atoms. The highest BCUT2D eigenvalue weighted by atomic mass is 16.3. The van der Waals surface area contributed by atoms with E-state index in [1.165, 1.54) is 33.4 Å². The first-order chi connectivity index (χ1) is 24.8. The Morgan fingerprint density at radius 1 is 0.260 bits per heavy atom. The van der Waals surface area contributed by atoms with Gasteiger partial charge in [-0.1, -0.05) is 140 Å². The fourth-order valence-corrected chi connectivity index (χ4v) is 6.97. The molecule has 0 fully saturated rings. The number of benzene rings is 8. The zero-order chi connectivity index (χ0) is 33.3. The van der Waals surface area contributed by atoms with Crippen LogP contribution < -0.4 is 4.90 Å². The van der Waals surface area contributed by atoms with E-state index < -0.39 is 0 Å². The summed E-state index contributed by atoms with van der Waals surface area (Å²) < 4.78 is 6.38. The minimum absolute atomic E-state index is 0.868. The first-order valence-electron chi connectivity index (χ1n) is 17.0. The third kappa shape index (κ3) is 5.63. The van der Waals surface area contributed by atoms with Crippen molar-refractivity contribution in [3.63, 3.8) is 0 Å². The normalized spacial score (nSPS) is 11.2. The van der Waals surface area contributed by atoms with Crippen LogP contribution in [0.25, 0.3) is 66.4 Å². The Kier molecular flexibility index (Phi) is 7.53. The van der Waals surface area contributed by atoms with Gasteiger partial charge < -0.3 is 9.32 Å². The smallest absolute Gasteiger partial charge is 0.137 e. The van der Waals surface area contributed by atoms with Crippen LogP contribution in [0.15, 0.2) is 205 Å². The quantitative estimate of drug-likeness (QED) is 0.173. The molecule has 0 aliphatic rings. The molecule has 0 aliphatic heterocycles. The molecular weight excluding hydrogens is 607 g/mol. The third-order valence-electron chi connectivity index (χ3n) is 9.44. The van der Waals surface area contributed by atoms with Crippen molar-refractivity contribution in [1.82, 2.24) is 0 Å². The summed E-state index contributed by atoms with van der Waals surface area (Å²) in [6.45, 7) is 0. The van der Waals surface area contributed by atoms with Crippen LogP contribution in [0.1, 0.15) is 0 Å². The van der Waals surface area contributed by atoms with Crippen molar-refractivity contribution in [3.05, 3.63) is 200 Å². The Morgan fingerprint density at radius 2 is 0.660 bits per heavy atom. The Morgan fingerprint density at radius 3 is 1.22 bits per heavy atom. The van der Waals surface area contributed by atoms with Gasteiger partial charge in [0.15, 0.2) is 0 Å². The van der Waals surface area contributed by atoms with E-state index in [0.29, 0.717) is 0 Å². The molecular formula is C48H33NO. The van der Waals surface area contributed by atoms with E-state index >= 15 is 0 Å². The van der Waals surface area contributed by atoms with E-state index in [1.54, 1.807) is 0 Å². The average Bonchev–Trinajstić information content (AvgIpc) is 3.57. The number of hydrogen-bond donors (Lipinski definition) is 0. The zero-order valence-electron chi connectivity index (χ0n) is 27.4. The van der Waals surface area contributed by atoms with Crippen LogP contribution in [0.4, 0.5) is 17.1 Å². The number of rotatable bonds is 7. The molecule has 0 atom stereocenters. The topological polar surface area (TPSA) is 16.4 Å². The summed E-state index contributed by atoms with van der Waals surface area (Å²) in [5.41, 5.74) is 14.4. The lowest BCUT2D eigenvalue weighted by Crippen LogP contribution is -2.10. The van der Waals surface area contributed by atoms with E-state index in [9.17, 15) is 0 Å². The van der Waals surface area contributed by atoms with Crippen LogP contribution in [0.5, 0.6) is 0 Å². The second-order valence-electron chi connectivity index (χ2n) is 12.6. The maximum Gasteiger partial charge on any atom is 0.137 e. The minimum Gasteiger partial charge on any atom is -0.456 e. The maximum atomic E-state index is 6.38. The van der Waals surface area contributed by atoms with Crippen LogP contribution >= 0.6 is 0 Å². The molecule has 2 nitrogen and oxygen atoms in total. The molecule has 1 aromatic heterocycles. The van der Waals surface area contributed by atoms with Crippen molar-refractivity contribution < 1.29 is 4.42 Å². The van der Waals surface area contributed by atoms with Gasteiger partial charge in [-0.25, -0.2) is 0 Å². The van der Waals surface area contributed by atoms with E-state index in [2.05, 4.69) is 193 Å². The molecule has 2 heteroatoms. The van der Waals surface area contributed by atoms with Crippen LogP contribution in [-0.2, 0) is 0 Å². The predicted molar refractivity (Wildman–Crippen MR) is 210 cm³/mol. The molecule has 0 unspecified atom stereocenters. The predicted octanol–water partition coefficient (Wildman–Crippen LogP) is 13.7. The third-order valence-corrected chi connectivity index (χ3v) is 9.44. The first-order valence-corrected chi connectivity index (χ1v) is 17.0. The number of fused-ring (bicyclic) bond motifs is 3. The SMILES string of the molecule is c1ccc(-c2cccc(-c3cccc(N(c4cccc(-c5cccc(-c6ccccc6)c5)c4)c4ccc5c(c4)oc4ccccc45)c3)c2)cc1.